The fourth-order valence-corrected chi connectivity index (χ4v) is 5.14. The van der Waals surface area contributed by atoms with Gasteiger partial charge in [0.2, 0.25) is 5.95 Å². The molecule has 0 aliphatic heterocycles. The molecule has 2 aromatic carbocycles. The molecule has 4 nitrogen and oxygen atoms in total. The van der Waals surface area contributed by atoms with Crippen LogP contribution in [0.25, 0.3) is 0 Å². The molecule has 31 heavy (non-hydrogen) atoms. The van der Waals surface area contributed by atoms with Crippen molar-refractivity contribution in [3.05, 3.63) is 83.6 Å². The fourth-order valence-electron chi connectivity index (χ4n) is 4.46. The van der Waals surface area contributed by atoms with Crippen molar-refractivity contribution < 1.29 is 0 Å². The molecule has 3 aromatic rings. The van der Waals surface area contributed by atoms with E-state index in [0.29, 0.717) is 24.3 Å². The predicted octanol–water partition coefficient (Wildman–Crippen LogP) is 5.79. The van der Waals surface area contributed by atoms with Crippen molar-refractivity contribution >= 4 is 17.7 Å². The lowest BCUT2D eigenvalue weighted by Gasteiger charge is -2.45. The highest BCUT2D eigenvalue weighted by Crippen LogP contribution is 2.58. The highest BCUT2D eigenvalue weighted by atomic mass is 32.2. The molecule has 0 amide bonds. The van der Waals surface area contributed by atoms with Crippen LogP contribution in [0.4, 0.5) is 5.95 Å². The summed E-state index contributed by atoms with van der Waals surface area (Å²) in [5.41, 5.74) is 9.70. The van der Waals surface area contributed by atoms with E-state index in [1.807, 2.05) is 0 Å². The van der Waals surface area contributed by atoms with Gasteiger partial charge in [0.05, 0.1) is 5.69 Å². The molecule has 1 aliphatic rings. The quantitative estimate of drug-likeness (QED) is 0.241. The van der Waals surface area contributed by atoms with E-state index in [1.54, 1.807) is 11.8 Å². The lowest BCUT2D eigenvalue weighted by Crippen LogP contribution is -2.32. The van der Waals surface area contributed by atoms with Gasteiger partial charge in [-0.3, -0.25) is 0 Å². The van der Waals surface area contributed by atoms with Crippen molar-refractivity contribution in [1.29, 1.82) is 0 Å². The van der Waals surface area contributed by atoms with Gasteiger partial charge in [-0.2, -0.15) is 0 Å². The zero-order valence-corrected chi connectivity index (χ0v) is 19.0. The number of unbranched alkanes of at least 4 members (excludes halogenated alkanes) is 1. The molecule has 0 bridgehead atoms. The van der Waals surface area contributed by atoms with Crippen molar-refractivity contribution in [1.82, 2.24) is 9.97 Å². The minimum atomic E-state index is 0.344. The molecule has 0 radical (unpaired) electrons. The monoisotopic (exact) mass is 432 g/mol. The number of aromatic nitrogens is 2. The van der Waals surface area contributed by atoms with Crippen molar-refractivity contribution in [2.24, 2.45) is 5.73 Å². The van der Waals surface area contributed by atoms with E-state index in [2.05, 4.69) is 79.0 Å². The maximum Gasteiger partial charge on any atom is 0.223 e. The molecule has 1 saturated carbocycles. The fraction of sp³-hybridized carbons (Fsp3) is 0.385. The molecule has 1 heterocycles. The highest BCUT2D eigenvalue weighted by molar-refractivity contribution is 7.99. The van der Waals surface area contributed by atoms with Crippen LogP contribution in [0.3, 0.4) is 0 Å². The number of hydrogen-bond donors (Lipinski definition) is 2. The van der Waals surface area contributed by atoms with Gasteiger partial charge in [-0.1, -0.05) is 74.0 Å². The average molecular weight is 433 g/mol. The molecule has 1 fully saturated rings. The number of benzene rings is 2. The Hall–Kier alpha value is -2.37. The van der Waals surface area contributed by atoms with E-state index in [4.69, 9.17) is 15.7 Å². The minimum absolute atomic E-state index is 0.344. The molecule has 5 heteroatoms. The second kappa shape index (κ2) is 10.8. The average Bonchev–Trinajstić information content (AvgIpc) is 2.79. The minimum Gasteiger partial charge on any atom is -0.354 e. The Kier molecular flexibility index (Phi) is 7.60. The molecule has 1 aromatic heterocycles. The molecule has 0 saturated heterocycles. The summed E-state index contributed by atoms with van der Waals surface area (Å²) in [4.78, 5) is 9.78. The molecular formula is C26H32N4S. The highest BCUT2D eigenvalue weighted by Gasteiger charge is 2.44. The summed E-state index contributed by atoms with van der Waals surface area (Å²) in [5.74, 6) is 2.89. The first kappa shape index (κ1) is 21.8. The Morgan fingerprint density at radius 1 is 0.968 bits per heavy atom. The first-order valence-corrected chi connectivity index (χ1v) is 12.3. The maximum absolute atomic E-state index is 5.76. The van der Waals surface area contributed by atoms with Gasteiger partial charge in [-0.25, -0.2) is 9.97 Å². The van der Waals surface area contributed by atoms with E-state index < -0.39 is 0 Å². The van der Waals surface area contributed by atoms with Crippen LogP contribution in [0.2, 0.25) is 0 Å². The van der Waals surface area contributed by atoms with Gasteiger partial charge < -0.3 is 11.1 Å². The summed E-state index contributed by atoms with van der Waals surface area (Å²) in [6.45, 7) is 3.74. The third-order valence-electron chi connectivity index (χ3n) is 6.08. The number of nitrogens with two attached hydrogens (primary N) is 1. The Morgan fingerprint density at radius 2 is 1.61 bits per heavy atom. The van der Waals surface area contributed by atoms with Crippen LogP contribution in [0.5, 0.6) is 0 Å². The largest absolute Gasteiger partial charge is 0.354 e. The van der Waals surface area contributed by atoms with Gasteiger partial charge >= 0.3 is 0 Å². The summed E-state index contributed by atoms with van der Waals surface area (Å²) in [6, 6.07) is 24.0. The van der Waals surface area contributed by atoms with Crippen LogP contribution in [0.1, 0.15) is 60.8 Å². The molecular weight excluding hydrogens is 400 g/mol. The standard InChI is InChI=1S/C26H32N4S/c1-2-3-15-28-26-29-23(18-24(30-26)31-16-14-27)25-21(19-10-6-4-7-11-19)17-22(25)20-12-8-5-9-13-20/h4-13,18,21-22,25H,2-3,14-17,27H2,1H3,(H,28,29,30)/t21-,22-/m1/s1. The molecule has 0 unspecified atom stereocenters. The Bertz CT molecular complexity index is 903. The number of thioether (sulfide) groups is 1. The number of nitrogens with one attached hydrogen (secondary N) is 1. The molecule has 3 N–H and O–H groups in total. The Labute approximate surface area is 190 Å². The van der Waals surface area contributed by atoms with E-state index in [-0.39, 0.29) is 0 Å². The van der Waals surface area contributed by atoms with Crippen LogP contribution in [-0.4, -0.2) is 28.8 Å². The molecule has 4 rings (SSSR count). The number of nitrogens with zero attached hydrogens (tertiary/aromatic N) is 2. The van der Waals surface area contributed by atoms with Gasteiger partial charge in [0.1, 0.15) is 5.03 Å². The summed E-state index contributed by atoms with van der Waals surface area (Å²) < 4.78 is 0. The second-order valence-corrected chi connectivity index (χ2v) is 9.28. The topological polar surface area (TPSA) is 63.8 Å². The van der Waals surface area contributed by atoms with Crippen LogP contribution in [-0.2, 0) is 0 Å². The first-order chi connectivity index (χ1) is 15.3. The third-order valence-corrected chi connectivity index (χ3v) is 7.02. The number of hydrogen-bond acceptors (Lipinski definition) is 5. The zero-order valence-electron chi connectivity index (χ0n) is 18.2. The Balaban J connectivity index is 1.69. The number of anilines is 1. The SMILES string of the molecule is CCCCNc1nc(SCCN)cc(C2[C@@H](c3ccccc3)C[C@@H]2c2ccccc2)n1. The van der Waals surface area contributed by atoms with Gasteiger partial charge in [0, 0.05) is 24.8 Å². The van der Waals surface area contributed by atoms with E-state index in [9.17, 15) is 0 Å². The lowest BCUT2D eigenvalue weighted by atomic mass is 9.58. The molecule has 1 aliphatic carbocycles. The van der Waals surface area contributed by atoms with Crippen LogP contribution in [0.15, 0.2) is 71.8 Å². The van der Waals surface area contributed by atoms with E-state index in [1.165, 1.54) is 11.1 Å². The lowest BCUT2D eigenvalue weighted by molar-refractivity contribution is 0.279. The summed E-state index contributed by atoms with van der Waals surface area (Å²) in [5, 5.41) is 4.46. The molecule has 0 spiro atoms. The van der Waals surface area contributed by atoms with Crippen molar-refractivity contribution in [2.45, 2.75) is 49.0 Å². The third kappa shape index (κ3) is 5.28. The van der Waals surface area contributed by atoms with Crippen molar-refractivity contribution in [3.63, 3.8) is 0 Å². The van der Waals surface area contributed by atoms with E-state index >= 15 is 0 Å². The molecule has 162 valence electrons. The van der Waals surface area contributed by atoms with Crippen molar-refractivity contribution in [2.75, 3.05) is 24.2 Å². The maximum atomic E-state index is 5.76. The zero-order chi connectivity index (χ0) is 21.5. The van der Waals surface area contributed by atoms with Gasteiger partial charge in [-0.15, -0.1) is 11.8 Å². The first-order valence-electron chi connectivity index (χ1n) is 11.4. The number of rotatable bonds is 10. The summed E-state index contributed by atoms with van der Waals surface area (Å²) >= 11 is 1.72. The summed E-state index contributed by atoms with van der Waals surface area (Å²) in [6.07, 6.45) is 3.41. The van der Waals surface area contributed by atoms with Crippen molar-refractivity contribution in [3.8, 4) is 0 Å². The van der Waals surface area contributed by atoms with Gasteiger partial charge in [0.15, 0.2) is 0 Å². The van der Waals surface area contributed by atoms with Crippen LogP contribution < -0.4 is 11.1 Å². The van der Waals surface area contributed by atoms with Gasteiger partial charge in [-0.05, 0) is 41.9 Å². The smallest absolute Gasteiger partial charge is 0.223 e. The second-order valence-electron chi connectivity index (χ2n) is 8.17. The van der Waals surface area contributed by atoms with E-state index in [0.717, 1.165) is 48.2 Å². The van der Waals surface area contributed by atoms with Crippen LogP contribution >= 0.6 is 11.8 Å². The van der Waals surface area contributed by atoms with Gasteiger partial charge in [0.25, 0.3) is 0 Å². The summed E-state index contributed by atoms with van der Waals surface area (Å²) in [7, 11) is 0. The Morgan fingerprint density at radius 3 is 2.19 bits per heavy atom. The molecule has 2 atom stereocenters. The predicted molar refractivity (Wildman–Crippen MR) is 131 cm³/mol. The normalized spacial score (nSPS) is 18.5. The van der Waals surface area contributed by atoms with Crippen LogP contribution in [0, 0.1) is 0 Å².